The molecule has 134 valence electrons. The summed E-state index contributed by atoms with van der Waals surface area (Å²) in [7, 11) is 2.17. The molecule has 0 aromatic carbocycles. The van der Waals surface area contributed by atoms with E-state index in [0.717, 1.165) is 50.9 Å². The molecule has 0 aliphatic carbocycles. The maximum Gasteiger partial charge on any atom is 0.238 e. The minimum Gasteiger partial charge on any atom is -0.354 e. The van der Waals surface area contributed by atoms with Crippen LogP contribution in [0.1, 0.15) is 6.92 Å². The molecule has 0 aromatic heterocycles. The highest BCUT2D eigenvalue weighted by molar-refractivity contribution is 7.99. The summed E-state index contributed by atoms with van der Waals surface area (Å²) in [4.78, 5) is 16.7. The Kier molecular flexibility index (Phi) is 14.6. The zero-order valence-corrected chi connectivity index (χ0v) is 16.5. The van der Waals surface area contributed by atoms with Gasteiger partial charge in [0.05, 0.1) is 6.04 Å². The molecule has 0 aromatic rings. The number of carbonyl (C=O) groups excluding carboxylic acids is 1. The summed E-state index contributed by atoms with van der Waals surface area (Å²) in [6.07, 6.45) is 0. The van der Waals surface area contributed by atoms with Gasteiger partial charge in [-0.05, 0) is 13.0 Å². The maximum atomic E-state index is 11.9. The fourth-order valence-electron chi connectivity index (χ4n) is 2.50. The van der Waals surface area contributed by atoms with Crippen LogP contribution in [0.3, 0.4) is 0 Å². The van der Waals surface area contributed by atoms with Gasteiger partial charge in [-0.1, -0.05) is 6.92 Å². The van der Waals surface area contributed by atoms with Gasteiger partial charge in [0, 0.05) is 50.9 Å². The summed E-state index contributed by atoms with van der Waals surface area (Å²) in [6, 6.07) is 0.0147. The molecule has 22 heavy (non-hydrogen) atoms. The van der Waals surface area contributed by atoms with E-state index in [0.29, 0.717) is 5.92 Å². The molecule has 2 unspecified atom stereocenters. The van der Waals surface area contributed by atoms with Gasteiger partial charge in [0.25, 0.3) is 0 Å². The Hall–Kier alpha value is 0.570. The number of rotatable bonds is 5. The molecule has 2 rings (SSSR count). The molecule has 0 spiro atoms. The number of hydrogen-bond donors (Lipinski definition) is 2. The van der Waals surface area contributed by atoms with E-state index in [-0.39, 0.29) is 49.2 Å². The zero-order chi connectivity index (χ0) is 13.7. The monoisotopic (exact) mass is 394 g/mol. The standard InChI is InChI=1S/C13H26N4OS.3ClH/c1-11(8-17-5-3-16(2)4-6-17)7-14-13(18)12-9-19-10-15-12;;;/h11-12,15H,3-10H2,1-2H3,(H,14,18);3*1H. The van der Waals surface area contributed by atoms with Crippen LogP contribution in [0.5, 0.6) is 0 Å². The van der Waals surface area contributed by atoms with Crippen molar-refractivity contribution in [1.29, 1.82) is 0 Å². The van der Waals surface area contributed by atoms with Gasteiger partial charge >= 0.3 is 0 Å². The summed E-state index contributed by atoms with van der Waals surface area (Å²) in [5, 5.41) is 6.27. The minimum atomic E-state index is 0. The van der Waals surface area contributed by atoms with Crippen molar-refractivity contribution in [2.24, 2.45) is 5.92 Å². The highest BCUT2D eigenvalue weighted by Gasteiger charge is 2.23. The van der Waals surface area contributed by atoms with Crippen molar-refractivity contribution >= 4 is 54.9 Å². The first-order chi connectivity index (χ1) is 9.15. The normalized spacial score (nSPS) is 23.6. The van der Waals surface area contributed by atoms with Crippen molar-refractivity contribution in [3.05, 3.63) is 0 Å². The van der Waals surface area contributed by atoms with Gasteiger partial charge in [0.2, 0.25) is 5.91 Å². The van der Waals surface area contributed by atoms with Crippen molar-refractivity contribution in [3.8, 4) is 0 Å². The molecule has 1 amide bonds. The van der Waals surface area contributed by atoms with Crippen molar-refractivity contribution in [2.75, 3.05) is 57.9 Å². The first-order valence-corrected chi connectivity index (χ1v) is 8.30. The molecule has 2 saturated heterocycles. The molecule has 2 heterocycles. The molecule has 5 nitrogen and oxygen atoms in total. The summed E-state index contributed by atoms with van der Waals surface area (Å²) in [6.45, 7) is 8.69. The Morgan fingerprint density at radius 3 is 2.45 bits per heavy atom. The van der Waals surface area contributed by atoms with E-state index < -0.39 is 0 Å². The van der Waals surface area contributed by atoms with Crippen LogP contribution < -0.4 is 10.6 Å². The molecule has 0 bridgehead atoms. The van der Waals surface area contributed by atoms with Crippen LogP contribution in [0.15, 0.2) is 0 Å². The number of thioether (sulfide) groups is 1. The lowest BCUT2D eigenvalue weighted by Crippen LogP contribution is -2.48. The quantitative estimate of drug-likeness (QED) is 0.725. The topological polar surface area (TPSA) is 47.6 Å². The molecule has 0 radical (unpaired) electrons. The Morgan fingerprint density at radius 1 is 1.27 bits per heavy atom. The largest absolute Gasteiger partial charge is 0.354 e. The first kappa shape index (κ1) is 24.8. The van der Waals surface area contributed by atoms with E-state index in [4.69, 9.17) is 0 Å². The van der Waals surface area contributed by atoms with Crippen molar-refractivity contribution < 1.29 is 4.79 Å². The summed E-state index contributed by atoms with van der Waals surface area (Å²) >= 11 is 1.79. The van der Waals surface area contributed by atoms with Crippen LogP contribution in [0.4, 0.5) is 0 Å². The third-order valence-electron chi connectivity index (χ3n) is 3.82. The van der Waals surface area contributed by atoms with Crippen LogP contribution in [-0.4, -0.2) is 79.7 Å². The van der Waals surface area contributed by atoms with Gasteiger partial charge in [0.15, 0.2) is 0 Å². The van der Waals surface area contributed by atoms with Gasteiger partial charge < -0.3 is 15.1 Å². The molecule has 2 atom stereocenters. The summed E-state index contributed by atoms with van der Waals surface area (Å²) in [5.74, 6) is 2.48. The maximum absolute atomic E-state index is 11.9. The molecule has 2 aliphatic heterocycles. The molecular formula is C13H29Cl3N4OS. The second-order valence-corrected chi connectivity index (χ2v) is 6.76. The molecule has 2 fully saturated rings. The number of hydrogen-bond acceptors (Lipinski definition) is 5. The number of nitrogens with zero attached hydrogens (tertiary/aromatic N) is 2. The van der Waals surface area contributed by atoms with E-state index in [2.05, 4.69) is 34.4 Å². The Balaban J connectivity index is 0. The fourth-order valence-corrected chi connectivity index (χ4v) is 3.44. The van der Waals surface area contributed by atoms with Crippen molar-refractivity contribution in [3.63, 3.8) is 0 Å². The SMILES string of the molecule is CC(CNC(=O)C1CSCN1)CN1CCN(C)CC1.Cl.Cl.Cl. The van der Waals surface area contributed by atoms with E-state index in [9.17, 15) is 4.79 Å². The predicted molar refractivity (Wildman–Crippen MR) is 102 cm³/mol. The van der Waals surface area contributed by atoms with Gasteiger partial charge in [-0.25, -0.2) is 0 Å². The summed E-state index contributed by atoms with van der Waals surface area (Å²) in [5.41, 5.74) is 0. The van der Waals surface area contributed by atoms with Crippen LogP contribution in [0.2, 0.25) is 0 Å². The molecule has 0 saturated carbocycles. The molecular weight excluding hydrogens is 367 g/mol. The Labute approximate surface area is 156 Å². The van der Waals surface area contributed by atoms with Gasteiger partial charge in [-0.15, -0.1) is 49.0 Å². The number of piperazine rings is 1. The summed E-state index contributed by atoms with van der Waals surface area (Å²) < 4.78 is 0. The van der Waals surface area contributed by atoms with Crippen molar-refractivity contribution in [2.45, 2.75) is 13.0 Å². The molecule has 2 N–H and O–H groups in total. The second kappa shape index (κ2) is 12.9. The number of carbonyl (C=O) groups is 1. The Morgan fingerprint density at radius 2 is 1.91 bits per heavy atom. The first-order valence-electron chi connectivity index (χ1n) is 7.15. The fraction of sp³-hybridized carbons (Fsp3) is 0.923. The highest BCUT2D eigenvalue weighted by Crippen LogP contribution is 2.09. The number of nitrogens with one attached hydrogen (secondary N) is 2. The third kappa shape index (κ3) is 8.43. The van der Waals surface area contributed by atoms with Crippen LogP contribution in [-0.2, 0) is 4.79 Å². The van der Waals surface area contributed by atoms with E-state index in [1.165, 1.54) is 0 Å². The van der Waals surface area contributed by atoms with Gasteiger partial charge in [0.1, 0.15) is 0 Å². The predicted octanol–water partition coefficient (Wildman–Crippen LogP) is 0.914. The zero-order valence-electron chi connectivity index (χ0n) is 13.2. The van der Waals surface area contributed by atoms with Crippen LogP contribution in [0, 0.1) is 5.92 Å². The molecule has 2 aliphatic rings. The lowest BCUT2D eigenvalue weighted by molar-refractivity contribution is -0.122. The average Bonchev–Trinajstić information content (AvgIpc) is 2.93. The van der Waals surface area contributed by atoms with E-state index >= 15 is 0 Å². The van der Waals surface area contributed by atoms with Crippen molar-refractivity contribution in [1.82, 2.24) is 20.4 Å². The van der Waals surface area contributed by atoms with Gasteiger partial charge in [-0.3, -0.25) is 10.1 Å². The van der Waals surface area contributed by atoms with E-state index in [1.54, 1.807) is 11.8 Å². The minimum absolute atomic E-state index is 0. The smallest absolute Gasteiger partial charge is 0.238 e. The van der Waals surface area contributed by atoms with E-state index in [1.807, 2.05) is 0 Å². The number of likely N-dealkylation sites (N-methyl/N-ethyl adjacent to an activating group) is 1. The van der Waals surface area contributed by atoms with Crippen LogP contribution in [0.25, 0.3) is 0 Å². The highest BCUT2D eigenvalue weighted by atomic mass is 35.5. The lowest BCUT2D eigenvalue weighted by atomic mass is 10.1. The lowest BCUT2D eigenvalue weighted by Gasteiger charge is -2.34. The van der Waals surface area contributed by atoms with Gasteiger partial charge in [-0.2, -0.15) is 0 Å². The third-order valence-corrected chi connectivity index (χ3v) is 4.76. The number of amides is 1. The van der Waals surface area contributed by atoms with Crippen LogP contribution >= 0.6 is 49.0 Å². The molecule has 9 heteroatoms. The second-order valence-electron chi connectivity index (χ2n) is 5.73. The average molecular weight is 396 g/mol. The Bertz CT molecular complexity index is 301. The number of halogens is 3.